The lowest BCUT2D eigenvalue weighted by Crippen LogP contribution is -2.57. The molecule has 0 saturated carbocycles. The van der Waals surface area contributed by atoms with Crippen LogP contribution in [-0.2, 0) is 6.54 Å². The number of hydrogen-bond acceptors (Lipinski definition) is 5. The highest BCUT2D eigenvalue weighted by Gasteiger charge is 2.31. The molecule has 1 atom stereocenters. The summed E-state index contributed by atoms with van der Waals surface area (Å²) in [6.07, 6.45) is 6.45. The summed E-state index contributed by atoms with van der Waals surface area (Å²) in [5.41, 5.74) is 3.12. The van der Waals surface area contributed by atoms with Gasteiger partial charge in [-0.25, -0.2) is 14.8 Å². The Bertz CT molecular complexity index is 1040. The van der Waals surface area contributed by atoms with Crippen LogP contribution in [0.15, 0.2) is 24.5 Å². The summed E-state index contributed by atoms with van der Waals surface area (Å²) in [5.74, 6) is 0.347. The first-order valence-electron chi connectivity index (χ1n) is 12.0. The third-order valence-corrected chi connectivity index (χ3v) is 6.97. The van der Waals surface area contributed by atoms with Gasteiger partial charge in [-0.15, -0.1) is 0 Å². The number of piperidine rings is 1. The van der Waals surface area contributed by atoms with Gasteiger partial charge in [0, 0.05) is 68.4 Å². The highest BCUT2D eigenvalue weighted by atomic mass is 35.5. The van der Waals surface area contributed by atoms with E-state index in [0.29, 0.717) is 35.2 Å². The molecular weight excluding hydrogens is 452 g/mol. The maximum absolute atomic E-state index is 13.0. The van der Waals surface area contributed by atoms with Gasteiger partial charge in [-0.3, -0.25) is 9.69 Å². The Morgan fingerprint density at radius 2 is 1.76 bits per heavy atom. The fourth-order valence-electron chi connectivity index (χ4n) is 4.70. The molecule has 2 aliphatic rings. The number of anilines is 1. The summed E-state index contributed by atoms with van der Waals surface area (Å²) in [5, 5.41) is 3.52. The van der Waals surface area contributed by atoms with E-state index in [4.69, 9.17) is 11.6 Å². The number of urea groups is 1. The normalized spacial score (nSPS) is 19.2. The van der Waals surface area contributed by atoms with Gasteiger partial charge in [-0.1, -0.05) is 11.6 Å². The molecule has 4 rings (SSSR count). The van der Waals surface area contributed by atoms with Crippen LogP contribution < -0.4 is 5.32 Å². The number of benzene rings is 1. The molecule has 1 aromatic heterocycles. The van der Waals surface area contributed by atoms with E-state index >= 15 is 0 Å². The predicted octanol–water partition coefficient (Wildman–Crippen LogP) is 4.11. The predicted molar refractivity (Wildman–Crippen MR) is 133 cm³/mol. The average Bonchev–Trinajstić information content (AvgIpc) is 2.82. The molecule has 182 valence electrons. The number of aromatic nitrogens is 2. The Kier molecular flexibility index (Phi) is 7.68. The smallest absolute Gasteiger partial charge is 0.320 e. The van der Waals surface area contributed by atoms with Gasteiger partial charge < -0.3 is 15.1 Å². The second kappa shape index (κ2) is 10.7. The first-order valence-corrected chi connectivity index (χ1v) is 12.4. The number of hydrogen-bond donors (Lipinski definition) is 1. The maximum Gasteiger partial charge on any atom is 0.320 e. The zero-order valence-corrected chi connectivity index (χ0v) is 20.9. The Morgan fingerprint density at radius 1 is 1.06 bits per heavy atom. The number of carbonyl (C=O) groups is 2. The Balaban J connectivity index is 1.41. The maximum atomic E-state index is 13.0. The van der Waals surface area contributed by atoms with Crippen molar-refractivity contribution < 1.29 is 9.59 Å². The molecular formula is C25H33ClN6O2. The number of rotatable bonds is 4. The molecule has 1 aromatic carbocycles. The number of nitrogens with zero attached hydrogens (tertiary/aromatic N) is 5. The van der Waals surface area contributed by atoms with E-state index < -0.39 is 0 Å². The molecule has 0 aliphatic carbocycles. The second-order valence-electron chi connectivity index (χ2n) is 9.32. The number of halogens is 1. The molecule has 0 bridgehead atoms. The van der Waals surface area contributed by atoms with Gasteiger partial charge in [0.15, 0.2) is 0 Å². The Morgan fingerprint density at radius 3 is 2.44 bits per heavy atom. The zero-order valence-electron chi connectivity index (χ0n) is 20.2. The fourth-order valence-corrected chi connectivity index (χ4v) is 4.94. The zero-order chi connectivity index (χ0) is 24.2. The van der Waals surface area contributed by atoms with E-state index in [1.807, 2.05) is 22.8 Å². The summed E-state index contributed by atoms with van der Waals surface area (Å²) in [7, 11) is 0. The quantitative estimate of drug-likeness (QED) is 0.706. The molecule has 0 radical (unpaired) electrons. The molecule has 1 N–H and O–H groups in total. The largest absolute Gasteiger partial charge is 0.325 e. The molecule has 2 aliphatic heterocycles. The molecule has 34 heavy (non-hydrogen) atoms. The van der Waals surface area contributed by atoms with Crippen molar-refractivity contribution in [2.75, 3.05) is 38.0 Å². The van der Waals surface area contributed by atoms with Crippen LogP contribution >= 0.6 is 11.6 Å². The molecule has 9 heteroatoms. The molecule has 2 aromatic rings. The molecule has 2 fully saturated rings. The van der Waals surface area contributed by atoms with Crippen LogP contribution in [0.5, 0.6) is 0 Å². The number of piperazine rings is 1. The summed E-state index contributed by atoms with van der Waals surface area (Å²) < 4.78 is 0. The standard InChI is InChI=1S/C25H33ClN6O2/c1-17-15-30(9-10-32(17)25(34)31-7-5-4-6-8-31)16-20-11-22(26)12-23(18(20)2)29-24(33)21-13-27-19(3)28-14-21/h11-14,17H,4-10,15-16H2,1-3H3,(H,29,33). The van der Waals surface area contributed by atoms with Crippen molar-refractivity contribution in [3.8, 4) is 0 Å². The van der Waals surface area contributed by atoms with E-state index in [-0.39, 0.29) is 18.0 Å². The monoisotopic (exact) mass is 484 g/mol. The van der Waals surface area contributed by atoms with E-state index in [9.17, 15) is 9.59 Å². The Hall–Kier alpha value is -2.71. The summed E-state index contributed by atoms with van der Waals surface area (Å²) >= 11 is 6.42. The van der Waals surface area contributed by atoms with E-state index in [1.54, 1.807) is 13.0 Å². The van der Waals surface area contributed by atoms with Gasteiger partial charge in [0.25, 0.3) is 5.91 Å². The molecule has 3 amide bonds. The second-order valence-corrected chi connectivity index (χ2v) is 9.75. The van der Waals surface area contributed by atoms with Gasteiger partial charge in [0.2, 0.25) is 0 Å². The highest BCUT2D eigenvalue weighted by Crippen LogP contribution is 2.27. The van der Waals surface area contributed by atoms with Crippen LogP contribution in [0.1, 0.15) is 53.5 Å². The van der Waals surface area contributed by atoms with E-state index in [1.165, 1.54) is 18.8 Å². The van der Waals surface area contributed by atoms with E-state index in [2.05, 4.69) is 27.1 Å². The first kappa shape index (κ1) is 24.4. The number of carbonyl (C=O) groups excluding carboxylic acids is 2. The van der Waals surface area contributed by atoms with Gasteiger partial charge in [0.05, 0.1) is 5.56 Å². The summed E-state index contributed by atoms with van der Waals surface area (Å²) in [6, 6.07) is 4.04. The third kappa shape index (κ3) is 5.67. The minimum Gasteiger partial charge on any atom is -0.325 e. The average molecular weight is 485 g/mol. The van der Waals surface area contributed by atoms with Crippen LogP contribution in [0, 0.1) is 13.8 Å². The lowest BCUT2D eigenvalue weighted by Gasteiger charge is -2.42. The minimum absolute atomic E-state index is 0.142. The fraction of sp³-hybridized carbons (Fsp3) is 0.520. The third-order valence-electron chi connectivity index (χ3n) is 6.75. The highest BCUT2D eigenvalue weighted by molar-refractivity contribution is 6.31. The number of aryl methyl sites for hydroxylation is 1. The minimum atomic E-state index is -0.269. The molecule has 1 unspecified atom stereocenters. The molecule has 3 heterocycles. The van der Waals surface area contributed by atoms with Gasteiger partial charge in [-0.05, 0) is 63.3 Å². The van der Waals surface area contributed by atoms with E-state index in [0.717, 1.165) is 50.1 Å². The topological polar surface area (TPSA) is 81.7 Å². The van der Waals surface area contributed by atoms with Crippen molar-refractivity contribution in [3.63, 3.8) is 0 Å². The van der Waals surface area contributed by atoms with Crippen molar-refractivity contribution >= 4 is 29.2 Å². The molecule has 8 nitrogen and oxygen atoms in total. The first-order chi connectivity index (χ1) is 16.3. The lowest BCUT2D eigenvalue weighted by molar-refractivity contribution is 0.0741. The summed E-state index contributed by atoms with van der Waals surface area (Å²) in [4.78, 5) is 40.2. The van der Waals surface area contributed by atoms with Gasteiger partial charge in [-0.2, -0.15) is 0 Å². The van der Waals surface area contributed by atoms with Crippen LogP contribution in [0.4, 0.5) is 10.5 Å². The number of likely N-dealkylation sites (tertiary alicyclic amines) is 1. The van der Waals surface area contributed by atoms with Crippen LogP contribution in [0.2, 0.25) is 5.02 Å². The Labute approximate surface area is 206 Å². The van der Waals surface area contributed by atoms with Crippen molar-refractivity contribution in [2.24, 2.45) is 0 Å². The summed E-state index contributed by atoms with van der Waals surface area (Å²) in [6.45, 7) is 10.7. The van der Waals surface area contributed by atoms with Crippen LogP contribution in [0.25, 0.3) is 0 Å². The van der Waals surface area contributed by atoms with Crippen LogP contribution in [0.3, 0.4) is 0 Å². The van der Waals surface area contributed by atoms with Crippen molar-refractivity contribution in [3.05, 3.63) is 52.1 Å². The number of amides is 3. The molecule has 0 spiro atoms. The van der Waals surface area contributed by atoms with Crippen molar-refractivity contribution in [2.45, 2.75) is 52.6 Å². The molecule has 2 saturated heterocycles. The van der Waals surface area contributed by atoms with Gasteiger partial charge >= 0.3 is 6.03 Å². The SMILES string of the molecule is Cc1ncc(C(=O)Nc2cc(Cl)cc(CN3CCN(C(=O)N4CCCCC4)C(C)C3)c2C)cn1. The van der Waals surface area contributed by atoms with Crippen molar-refractivity contribution in [1.29, 1.82) is 0 Å². The number of nitrogens with one attached hydrogen (secondary N) is 1. The lowest BCUT2D eigenvalue weighted by atomic mass is 10.0. The van der Waals surface area contributed by atoms with Crippen molar-refractivity contribution in [1.82, 2.24) is 24.7 Å². The van der Waals surface area contributed by atoms with Gasteiger partial charge in [0.1, 0.15) is 5.82 Å². The van der Waals surface area contributed by atoms with Crippen LogP contribution in [-0.4, -0.2) is 75.4 Å².